The van der Waals surface area contributed by atoms with E-state index in [1.807, 2.05) is 36.4 Å². The van der Waals surface area contributed by atoms with Gasteiger partial charge in [0.2, 0.25) is 0 Å². The summed E-state index contributed by atoms with van der Waals surface area (Å²) in [7, 11) is 1.45. The Morgan fingerprint density at radius 3 is 2.67 bits per heavy atom. The fourth-order valence-electron chi connectivity index (χ4n) is 5.67. The molecule has 0 saturated carbocycles. The average molecular weight is 641 g/mol. The lowest BCUT2D eigenvalue weighted by molar-refractivity contribution is -0.384. The lowest BCUT2D eigenvalue weighted by atomic mass is 9.83. The summed E-state index contributed by atoms with van der Waals surface area (Å²) in [5.41, 5.74) is 5.47. The first-order valence-electron chi connectivity index (χ1n) is 13.2. The lowest BCUT2D eigenvalue weighted by Crippen LogP contribution is -2.38. The van der Waals surface area contributed by atoms with Crippen LogP contribution in [0.5, 0.6) is 5.75 Å². The van der Waals surface area contributed by atoms with Gasteiger partial charge in [-0.25, -0.2) is 4.99 Å². The standard InChI is InChI=1S/C32H22BrN3O5S/c1-40-21-11-14-24(26(16-21)36(38)39)27-15-12-22(41-27)17-28-31(37)35-30(19-6-9-20(33)10-7-19)25-13-8-18-4-2-3-5-23(18)29(25)34-32(35)42-28/h2-7,9-12,14-17,30H,8,13H2,1H3/b28-17-/t30-/m0/s1. The summed E-state index contributed by atoms with van der Waals surface area (Å²) >= 11 is 4.84. The van der Waals surface area contributed by atoms with Crippen molar-refractivity contribution < 1.29 is 14.1 Å². The lowest BCUT2D eigenvalue weighted by Gasteiger charge is -2.30. The monoisotopic (exact) mass is 639 g/mol. The zero-order chi connectivity index (χ0) is 29.0. The Labute approximate surface area is 251 Å². The zero-order valence-corrected chi connectivity index (χ0v) is 24.6. The van der Waals surface area contributed by atoms with Crippen molar-refractivity contribution in [2.75, 3.05) is 7.11 Å². The molecule has 0 spiro atoms. The zero-order valence-electron chi connectivity index (χ0n) is 22.2. The van der Waals surface area contributed by atoms with E-state index in [4.69, 9.17) is 14.1 Å². The summed E-state index contributed by atoms with van der Waals surface area (Å²) < 4.78 is 14.4. The van der Waals surface area contributed by atoms with Crippen molar-refractivity contribution in [1.29, 1.82) is 0 Å². The number of thiazole rings is 1. The number of aryl methyl sites for hydroxylation is 1. The normalized spacial score (nSPS) is 16.0. The van der Waals surface area contributed by atoms with Crippen LogP contribution in [-0.4, -0.2) is 16.6 Å². The van der Waals surface area contributed by atoms with E-state index in [1.165, 1.54) is 30.1 Å². The summed E-state index contributed by atoms with van der Waals surface area (Å²) in [6, 6.07) is 24.1. The van der Waals surface area contributed by atoms with E-state index >= 15 is 0 Å². The molecule has 3 heterocycles. The van der Waals surface area contributed by atoms with Crippen molar-refractivity contribution in [3.8, 4) is 17.1 Å². The number of nitro groups is 1. The van der Waals surface area contributed by atoms with E-state index in [9.17, 15) is 14.9 Å². The molecule has 5 aromatic rings. The second kappa shape index (κ2) is 10.4. The number of hydrogen-bond donors (Lipinski definition) is 0. The quantitative estimate of drug-likeness (QED) is 0.167. The molecular weight excluding hydrogens is 618 g/mol. The first-order chi connectivity index (χ1) is 20.4. The minimum atomic E-state index is -0.472. The molecule has 1 aliphatic heterocycles. The molecule has 8 nitrogen and oxygen atoms in total. The maximum absolute atomic E-state index is 14.0. The van der Waals surface area contributed by atoms with Gasteiger partial charge < -0.3 is 9.15 Å². The molecule has 0 N–H and O–H groups in total. The van der Waals surface area contributed by atoms with Crippen molar-refractivity contribution in [3.63, 3.8) is 0 Å². The Morgan fingerprint density at radius 1 is 1.07 bits per heavy atom. The van der Waals surface area contributed by atoms with Crippen LogP contribution in [0.3, 0.4) is 0 Å². The van der Waals surface area contributed by atoms with Gasteiger partial charge in [-0.2, -0.15) is 0 Å². The second-order valence-electron chi connectivity index (χ2n) is 10.0. The number of benzene rings is 3. The Balaban J connectivity index is 1.37. The predicted molar refractivity (Wildman–Crippen MR) is 164 cm³/mol. The molecule has 1 atom stereocenters. The van der Waals surface area contributed by atoms with Crippen LogP contribution < -0.4 is 19.6 Å². The molecule has 2 aromatic heterocycles. The van der Waals surface area contributed by atoms with Crippen molar-refractivity contribution in [1.82, 2.24) is 4.57 Å². The second-order valence-corrected chi connectivity index (χ2v) is 11.9. The number of ether oxygens (including phenoxy) is 1. The van der Waals surface area contributed by atoms with Gasteiger partial charge in [0.05, 0.1) is 39.9 Å². The van der Waals surface area contributed by atoms with E-state index in [0.29, 0.717) is 32.2 Å². The fraction of sp³-hybridized carbons (Fsp3) is 0.125. The highest BCUT2D eigenvalue weighted by atomic mass is 79.9. The summed E-state index contributed by atoms with van der Waals surface area (Å²) in [6.45, 7) is 0. The topological polar surface area (TPSA) is 99.9 Å². The number of nitro benzene ring substituents is 1. The third-order valence-corrected chi connectivity index (χ3v) is 9.14. The molecule has 0 radical (unpaired) electrons. The van der Waals surface area contributed by atoms with Crippen molar-refractivity contribution in [3.05, 3.63) is 141 Å². The van der Waals surface area contributed by atoms with Crippen LogP contribution in [0.4, 0.5) is 5.69 Å². The highest BCUT2D eigenvalue weighted by Crippen LogP contribution is 2.41. The maximum Gasteiger partial charge on any atom is 0.284 e. The van der Waals surface area contributed by atoms with E-state index in [2.05, 4.69) is 28.1 Å². The number of rotatable bonds is 5. The van der Waals surface area contributed by atoms with E-state index < -0.39 is 4.92 Å². The van der Waals surface area contributed by atoms with Gasteiger partial charge in [0.1, 0.15) is 17.3 Å². The minimum Gasteiger partial charge on any atom is -0.497 e. The number of nitrogens with zero attached hydrogens (tertiary/aromatic N) is 3. The molecule has 2 aliphatic rings. The van der Waals surface area contributed by atoms with Crippen LogP contribution in [0, 0.1) is 10.1 Å². The van der Waals surface area contributed by atoms with Crippen LogP contribution in [-0.2, 0) is 6.42 Å². The van der Waals surface area contributed by atoms with Gasteiger partial charge in [0.15, 0.2) is 4.80 Å². The van der Waals surface area contributed by atoms with Crippen molar-refractivity contribution in [2.24, 2.45) is 4.99 Å². The van der Waals surface area contributed by atoms with E-state index in [0.717, 1.165) is 39.7 Å². The first kappa shape index (κ1) is 26.4. The van der Waals surface area contributed by atoms with Gasteiger partial charge in [-0.15, -0.1) is 0 Å². The van der Waals surface area contributed by atoms with Crippen LogP contribution in [0.1, 0.15) is 34.9 Å². The van der Waals surface area contributed by atoms with Gasteiger partial charge in [0, 0.05) is 16.1 Å². The first-order valence-corrected chi connectivity index (χ1v) is 14.8. The summed E-state index contributed by atoms with van der Waals surface area (Å²) in [5, 5.41) is 11.7. The van der Waals surface area contributed by atoms with Gasteiger partial charge in [-0.05, 0) is 65.9 Å². The number of fused-ring (bicyclic) bond motifs is 3. The number of hydrogen-bond acceptors (Lipinski definition) is 7. The van der Waals surface area contributed by atoms with Gasteiger partial charge in [-0.1, -0.05) is 63.7 Å². The molecule has 3 aromatic carbocycles. The van der Waals surface area contributed by atoms with Gasteiger partial charge in [-0.3, -0.25) is 19.5 Å². The molecule has 42 heavy (non-hydrogen) atoms. The summed E-state index contributed by atoms with van der Waals surface area (Å²) in [6.07, 6.45) is 3.37. The molecule has 7 rings (SSSR count). The SMILES string of the molecule is COc1ccc(-c2ccc(/C=c3\sc4n(c3=O)[C@@H](c3ccc(Br)cc3)C3=C(N=4)c4ccccc4CC3)o2)c([N+](=O)[O-])c1. The average Bonchev–Trinajstić information content (AvgIpc) is 3.60. The predicted octanol–water partition coefficient (Wildman–Crippen LogP) is 6.26. The van der Waals surface area contributed by atoms with Crippen molar-refractivity contribution in [2.45, 2.75) is 18.9 Å². The largest absolute Gasteiger partial charge is 0.497 e. The Morgan fingerprint density at radius 2 is 1.88 bits per heavy atom. The molecule has 1 aliphatic carbocycles. The highest BCUT2D eigenvalue weighted by Gasteiger charge is 2.32. The number of allylic oxidation sites excluding steroid dienone is 1. The van der Waals surface area contributed by atoms with Crippen LogP contribution in [0.2, 0.25) is 0 Å². The molecule has 10 heteroatoms. The molecule has 0 fully saturated rings. The van der Waals surface area contributed by atoms with Crippen LogP contribution in [0.15, 0.2) is 103 Å². The smallest absolute Gasteiger partial charge is 0.284 e. The highest BCUT2D eigenvalue weighted by molar-refractivity contribution is 9.10. The Kier molecular flexibility index (Phi) is 6.52. The molecule has 0 amide bonds. The number of furan rings is 1. The van der Waals surface area contributed by atoms with Crippen LogP contribution >= 0.6 is 27.3 Å². The van der Waals surface area contributed by atoms with Gasteiger partial charge in [0.25, 0.3) is 11.2 Å². The van der Waals surface area contributed by atoms with Crippen LogP contribution in [0.25, 0.3) is 23.1 Å². The number of aromatic nitrogens is 1. The molecule has 0 saturated heterocycles. The minimum absolute atomic E-state index is 0.130. The van der Waals surface area contributed by atoms with E-state index in [1.54, 1.807) is 34.9 Å². The van der Waals surface area contributed by atoms with E-state index in [-0.39, 0.29) is 17.3 Å². The molecule has 208 valence electrons. The summed E-state index contributed by atoms with van der Waals surface area (Å²) in [5.74, 6) is 1.11. The molecular formula is C32H22BrN3O5S. The van der Waals surface area contributed by atoms with Crippen molar-refractivity contribution >= 4 is 44.7 Å². The fourth-order valence-corrected chi connectivity index (χ4v) is 6.92. The summed E-state index contributed by atoms with van der Waals surface area (Å²) in [4.78, 5) is 30.9. The molecule has 0 unspecified atom stereocenters. The number of methoxy groups -OCH3 is 1. The van der Waals surface area contributed by atoms with Gasteiger partial charge >= 0.3 is 0 Å². The number of halogens is 1. The Bertz CT molecular complexity index is 2110. The third-order valence-electron chi connectivity index (χ3n) is 7.63. The maximum atomic E-state index is 14.0. The third kappa shape index (κ3) is 4.43. The Hall–Kier alpha value is -4.54. The molecule has 0 bridgehead atoms.